The molecule has 2 aromatic heterocycles. The van der Waals surface area contributed by atoms with Crippen LogP contribution in [-0.4, -0.2) is 68.6 Å². The predicted molar refractivity (Wildman–Crippen MR) is 136 cm³/mol. The zero-order chi connectivity index (χ0) is 28.1. The van der Waals surface area contributed by atoms with Crippen molar-refractivity contribution in [2.45, 2.75) is 51.9 Å². The van der Waals surface area contributed by atoms with E-state index < -0.39 is 29.7 Å². The van der Waals surface area contributed by atoms with E-state index in [0.717, 1.165) is 25.0 Å². The number of ether oxygens (including phenoxy) is 1. The van der Waals surface area contributed by atoms with Gasteiger partial charge in [-0.15, -0.1) is 0 Å². The molecule has 3 heterocycles. The van der Waals surface area contributed by atoms with Gasteiger partial charge >= 0.3 is 6.18 Å². The van der Waals surface area contributed by atoms with Crippen molar-refractivity contribution in [1.29, 1.82) is 0 Å². The molecule has 2 amide bonds. The monoisotopic (exact) mass is 545 g/mol. The van der Waals surface area contributed by atoms with Crippen LogP contribution in [0.2, 0.25) is 0 Å². The zero-order valence-electron chi connectivity index (χ0n) is 21.8. The molecule has 3 atom stereocenters. The third kappa shape index (κ3) is 5.42. The number of nitrogens with zero attached hydrogens (tertiary/aromatic N) is 3. The molecule has 3 N–H and O–H groups in total. The number of aromatic nitrogens is 3. The highest BCUT2D eigenvalue weighted by molar-refractivity contribution is 6.09. The first-order valence-electron chi connectivity index (χ1n) is 12.9. The van der Waals surface area contributed by atoms with Crippen molar-refractivity contribution in [3.05, 3.63) is 41.3 Å². The molecule has 2 unspecified atom stereocenters. The van der Waals surface area contributed by atoms with Gasteiger partial charge in [0.25, 0.3) is 11.8 Å². The summed E-state index contributed by atoms with van der Waals surface area (Å²) in [5, 5.41) is 12.6. The van der Waals surface area contributed by atoms with Gasteiger partial charge in [0.15, 0.2) is 0 Å². The van der Waals surface area contributed by atoms with Crippen molar-refractivity contribution < 1.29 is 32.6 Å². The van der Waals surface area contributed by atoms with Gasteiger partial charge in [0.05, 0.1) is 29.3 Å². The minimum Gasteiger partial charge on any atom is -0.493 e. The van der Waals surface area contributed by atoms with Crippen molar-refractivity contribution in [2.75, 3.05) is 19.7 Å². The molecule has 39 heavy (non-hydrogen) atoms. The molecular weight excluding hydrogens is 515 g/mol. The van der Waals surface area contributed by atoms with Crippen LogP contribution in [0.5, 0.6) is 5.75 Å². The number of hydrogen-bond acceptors (Lipinski definition) is 6. The molecule has 0 radical (unpaired) electrons. The van der Waals surface area contributed by atoms with Gasteiger partial charge in [0.1, 0.15) is 29.4 Å². The first-order chi connectivity index (χ1) is 18.4. The number of likely N-dealkylation sites (tertiary alicyclic amines) is 1. The number of carbonyl (C=O) groups is 2. The first kappa shape index (κ1) is 26.9. The van der Waals surface area contributed by atoms with E-state index in [0.29, 0.717) is 30.3 Å². The maximum atomic E-state index is 13.6. The van der Waals surface area contributed by atoms with Gasteiger partial charge in [-0.05, 0) is 56.7 Å². The maximum Gasteiger partial charge on any atom is 0.416 e. The molecule has 1 aromatic carbocycles. The Labute approximate surface area is 222 Å². The van der Waals surface area contributed by atoms with E-state index in [4.69, 9.17) is 4.74 Å². The van der Waals surface area contributed by atoms with Gasteiger partial charge < -0.3 is 25.0 Å². The summed E-state index contributed by atoms with van der Waals surface area (Å²) in [4.78, 5) is 38.8. The van der Waals surface area contributed by atoms with E-state index >= 15 is 0 Å². The maximum absolute atomic E-state index is 13.6. The number of aryl methyl sites for hydroxylation is 1. The van der Waals surface area contributed by atoms with Crippen LogP contribution in [0.4, 0.5) is 13.2 Å². The van der Waals surface area contributed by atoms with Crippen LogP contribution >= 0.6 is 0 Å². The normalized spacial score (nSPS) is 20.3. The molecule has 1 saturated heterocycles. The molecule has 1 aliphatic carbocycles. The summed E-state index contributed by atoms with van der Waals surface area (Å²) in [5.41, 5.74) is 0.817. The molecule has 12 heteroatoms. The number of aliphatic hydroxyl groups is 1. The zero-order valence-corrected chi connectivity index (χ0v) is 21.8. The van der Waals surface area contributed by atoms with Crippen molar-refractivity contribution >= 4 is 22.8 Å². The summed E-state index contributed by atoms with van der Waals surface area (Å²) in [6.07, 6.45) is -2.44. The van der Waals surface area contributed by atoms with Gasteiger partial charge in [0, 0.05) is 24.3 Å². The highest BCUT2D eigenvalue weighted by Crippen LogP contribution is 2.40. The van der Waals surface area contributed by atoms with Gasteiger partial charge in [0.2, 0.25) is 0 Å². The third-order valence-electron chi connectivity index (χ3n) is 7.33. The number of H-pyrrole nitrogens is 1. The minimum absolute atomic E-state index is 0.0522. The quantitative estimate of drug-likeness (QED) is 0.417. The Kier molecular flexibility index (Phi) is 7.00. The fourth-order valence-corrected chi connectivity index (χ4v) is 4.95. The summed E-state index contributed by atoms with van der Waals surface area (Å²) >= 11 is 0. The standard InChI is InChI=1S/C27H30F3N5O4/c1-13-9-35(26(38)15(3)36)10-19(13)34-25(37)21-14(2)33-24-22(31-12-32-23(21)24)18-8-17(27(28,29)30)6-7-20(18)39-11-16-4-5-16/h6-8,12-13,15-16,19,33,36H,4-5,9-11H2,1-3H3,(H,34,37)/t13?,15-,19?/m0/s1. The molecular formula is C27H30F3N5O4. The predicted octanol–water partition coefficient (Wildman–Crippen LogP) is 3.70. The Bertz CT molecular complexity index is 1420. The number of nitrogens with one attached hydrogen (secondary N) is 2. The number of alkyl halides is 3. The number of fused-ring (bicyclic) bond motifs is 1. The fourth-order valence-electron chi connectivity index (χ4n) is 4.95. The Morgan fingerprint density at radius 2 is 2.00 bits per heavy atom. The average molecular weight is 546 g/mol. The number of carbonyl (C=O) groups excluding carboxylic acids is 2. The molecule has 5 rings (SSSR count). The Morgan fingerprint density at radius 3 is 2.67 bits per heavy atom. The Morgan fingerprint density at radius 1 is 1.26 bits per heavy atom. The first-order valence-corrected chi connectivity index (χ1v) is 12.9. The van der Waals surface area contributed by atoms with E-state index in [2.05, 4.69) is 20.3 Å². The average Bonchev–Trinajstić information content (AvgIpc) is 3.55. The second-order valence-corrected chi connectivity index (χ2v) is 10.5. The van der Waals surface area contributed by atoms with E-state index in [1.807, 2.05) is 6.92 Å². The van der Waals surface area contributed by atoms with Crippen LogP contribution in [0.15, 0.2) is 24.5 Å². The molecule has 9 nitrogen and oxygen atoms in total. The highest BCUT2D eigenvalue weighted by atomic mass is 19.4. The summed E-state index contributed by atoms with van der Waals surface area (Å²) in [7, 11) is 0. The van der Waals surface area contributed by atoms with Gasteiger partial charge in [-0.3, -0.25) is 9.59 Å². The van der Waals surface area contributed by atoms with Crippen LogP contribution in [0, 0.1) is 18.8 Å². The number of aromatic amines is 1. The second-order valence-electron chi connectivity index (χ2n) is 10.5. The van der Waals surface area contributed by atoms with Crippen LogP contribution in [-0.2, 0) is 11.0 Å². The molecule has 0 spiro atoms. The Balaban J connectivity index is 1.49. The number of amides is 2. The SMILES string of the molecule is Cc1[nH]c2c(-c3cc(C(F)(F)F)ccc3OCC3CC3)ncnc2c1C(=O)NC1CN(C(=O)[C@H](C)O)CC1C. The molecule has 2 fully saturated rings. The topological polar surface area (TPSA) is 120 Å². The number of hydrogen-bond donors (Lipinski definition) is 3. The smallest absolute Gasteiger partial charge is 0.416 e. The number of aliphatic hydroxyl groups excluding tert-OH is 1. The summed E-state index contributed by atoms with van der Waals surface area (Å²) < 4.78 is 46.7. The summed E-state index contributed by atoms with van der Waals surface area (Å²) in [6, 6.07) is 2.95. The van der Waals surface area contributed by atoms with Gasteiger partial charge in [-0.2, -0.15) is 13.2 Å². The van der Waals surface area contributed by atoms with Gasteiger partial charge in [-0.25, -0.2) is 9.97 Å². The third-order valence-corrected chi connectivity index (χ3v) is 7.33. The van der Waals surface area contributed by atoms with E-state index in [-0.39, 0.29) is 46.6 Å². The minimum atomic E-state index is -4.56. The molecule has 1 aliphatic heterocycles. The van der Waals surface area contributed by atoms with Crippen LogP contribution in [0.25, 0.3) is 22.3 Å². The van der Waals surface area contributed by atoms with Crippen molar-refractivity contribution in [1.82, 2.24) is 25.2 Å². The van der Waals surface area contributed by atoms with Gasteiger partial charge in [-0.1, -0.05) is 6.92 Å². The van der Waals surface area contributed by atoms with Crippen LogP contribution in [0.1, 0.15) is 48.3 Å². The van der Waals surface area contributed by atoms with E-state index in [1.54, 1.807) is 6.92 Å². The summed E-state index contributed by atoms with van der Waals surface area (Å²) in [6.45, 7) is 6.03. The van der Waals surface area contributed by atoms with Crippen LogP contribution < -0.4 is 10.1 Å². The number of rotatable bonds is 7. The van der Waals surface area contributed by atoms with Crippen LogP contribution in [0.3, 0.4) is 0 Å². The van der Waals surface area contributed by atoms with E-state index in [1.165, 1.54) is 24.2 Å². The van der Waals surface area contributed by atoms with Crippen molar-refractivity contribution in [2.24, 2.45) is 11.8 Å². The largest absolute Gasteiger partial charge is 0.493 e. The number of benzene rings is 1. The molecule has 2 aliphatic rings. The molecule has 0 bridgehead atoms. The lowest BCUT2D eigenvalue weighted by Crippen LogP contribution is -2.42. The lowest BCUT2D eigenvalue weighted by Gasteiger charge is -2.18. The lowest BCUT2D eigenvalue weighted by atomic mass is 10.0. The number of halogens is 3. The lowest BCUT2D eigenvalue weighted by molar-refractivity contribution is -0.138. The van der Waals surface area contributed by atoms with Crippen molar-refractivity contribution in [3.63, 3.8) is 0 Å². The Hall–Kier alpha value is -3.67. The van der Waals surface area contributed by atoms with Crippen molar-refractivity contribution in [3.8, 4) is 17.0 Å². The second kappa shape index (κ2) is 10.1. The molecule has 1 saturated carbocycles. The summed E-state index contributed by atoms with van der Waals surface area (Å²) in [5.74, 6) is -0.223. The van der Waals surface area contributed by atoms with E-state index in [9.17, 15) is 27.9 Å². The molecule has 208 valence electrons. The fraction of sp³-hybridized carbons (Fsp3) is 0.481. The molecule has 3 aromatic rings. The highest BCUT2D eigenvalue weighted by Gasteiger charge is 2.36.